The summed E-state index contributed by atoms with van der Waals surface area (Å²) in [6.07, 6.45) is 7.88. The van der Waals surface area contributed by atoms with Crippen LogP contribution in [0.5, 0.6) is 0 Å². The van der Waals surface area contributed by atoms with E-state index >= 15 is 0 Å². The van der Waals surface area contributed by atoms with Gasteiger partial charge in [0.25, 0.3) is 0 Å². The molecule has 108 valence electrons. The molecule has 0 aliphatic heterocycles. The minimum atomic E-state index is 0.325. The predicted octanol–water partition coefficient (Wildman–Crippen LogP) is 2.13. The van der Waals surface area contributed by atoms with Gasteiger partial charge in [0.15, 0.2) is 0 Å². The molecule has 0 spiro atoms. The number of nitrogens with zero attached hydrogens (tertiary/aromatic N) is 2. The van der Waals surface area contributed by atoms with E-state index in [0.717, 1.165) is 31.5 Å². The molecule has 0 aliphatic rings. The number of hydrazine groups is 1. The number of nitrogens with one attached hydrogen (secondary N) is 1. The third-order valence-electron chi connectivity index (χ3n) is 3.90. The SMILES string of the molecule is Cc1ccccc1CCC(CCc1nccn1C)NN. The van der Waals surface area contributed by atoms with Crippen LogP contribution in [0.1, 0.15) is 29.8 Å². The third kappa shape index (κ3) is 3.92. The molecular weight excluding hydrogens is 248 g/mol. The van der Waals surface area contributed by atoms with Crippen molar-refractivity contribution < 1.29 is 0 Å². The standard InChI is InChI=1S/C16H24N4/c1-13-5-3-4-6-14(13)7-8-15(19-17)9-10-16-18-11-12-20(16)2/h3-6,11-12,15,19H,7-10,17H2,1-2H3. The van der Waals surface area contributed by atoms with E-state index in [9.17, 15) is 0 Å². The van der Waals surface area contributed by atoms with Crippen LogP contribution in [0.25, 0.3) is 0 Å². The average molecular weight is 272 g/mol. The van der Waals surface area contributed by atoms with Crippen molar-refractivity contribution in [1.82, 2.24) is 15.0 Å². The lowest BCUT2D eigenvalue weighted by Crippen LogP contribution is -2.36. The molecule has 0 saturated heterocycles. The Morgan fingerprint density at radius 2 is 2.00 bits per heavy atom. The fourth-order valence-electron chi connectivity index (χ4n) is 2.47. The van der Waals surface area contributed by atoms with E-state index in [1.807, 2.05) is 19.4 Å². The molecule has 4 nitrogen and oxygen atoms in total. The minimum absolute atomic E-state index is 0.325. The molecule has 1 heterocycles. The van der Waals surface area contributed by atoms with Gasteiger partial charge in [0.1, 0.15) is 5.82 Å². The highest BCUT2D eigenvalue weighted by molar-refractivity contribution is 5.25. The molecule has 0 saturated carbocycles. The second-order valence-electron chi connectivity index (χ2n) is 5.32. The summed E-state index contributed by atoms with van der Waals surface area (Å²) in [5, 5.41) is 0. The van der Waals surface area contributed by atoms with Gasteiger partial charge in [0.2, 0.25) is 0 Å². The van der Waals surface area contributed by atoms with E-state index in [1.54, 1.807) is 0 Å². The lowest BCUT2D eigenvalue weighted by atomic mass is 9.99. The maximum absolute atomic E-state index is 5.68. The average Bonchev–Trinajstić information content (AvgIpc) is 2.86. The zero-order chi connectivity index (χ0) is 14.4. The number of imidazole rings is 1. The second kappa shape index (κ2) is 7.22. The van der Waals surface area contributed by atoms with Crippen LogP contribution in [0, 0.1) is 6.92 Å². The predicted molar refractivity (Wildman–Crippen MR) is 82.1 cm³/mol. The lowest BCUT2D eigenvalue weighted by molar-refractivity contribution is 0.457. The summed E-state index contributed by atoms with van der Waals surface area (Å²) in [7, 11) is 2.03. The first kappa shape index (κ1) is 14.8. The largest absolute Gasteiger partial charge is 0.338 e. The molecule has 0 bridgehead atoms. The van der Waals surface area contributed by atoms with Crippen LogP contribution in [0.4, 0.5) is 0 Å². The fraction of sp³-hybridized carbons (Fsp3) is 0.438. The van der Waals surface area contributed by atoms with Gasteiger partial charge in [-0.2, -0.15) is 0 Å². The Kier molecular flexibility index (Phi) is 5.32. The van der Waals surface area contributed by atoms with Gasteiger partial charge in [-0.25, -0.2) is 4.98 Å². The summed E-state index contributed by atoms with van der Waals surface area (Å²) in [6.45, 7) is 2.16. The lowest BCUT2D eigenvalue weighted by Gasteiger charge is -2.16. The third-order valence-corrected chi connectivity index (χ3v) is 3.90. The van der Waals surface area contributed by atoms with Crippen molar-refractivity contribution in [3.8, 4) is 0 Å². The number of nitrogens with two attached hydrogens (primary N) is 1. The molecule has 1 unspecified atom stereocenters. The number of aryl methyl sites for hydroxylation is 4. The van der Waals surface area contributed by atoms with E-state index in [-0.39, 0.29) is 0 Å². The van der Waals surface area contributed by atoms with Gasteiger partial charge < -0.3 is 4.57 Å². The van der Waals surface area contributed by atoms with Crippen LogP contribution in [0.15, 0.2) is 36.7 Å². The first-order chi connectivity index (χ1) is 9.70. The van der Waals surface area contributed by atoms with Gasteiger partial charge >= 0.3 is 0 Å². The maximum atomic E-state index is 5.68. The van der Waals surface area contributed by atoms with Crippen molar-refractivity contribution in [1.29, 1.82) is 0 Å². The van der Waals surface area contributed by atoms with Crippen LogP contribution in [-0.4, -0.2) is 15.6 Å². The Bertz CT molecular complexity index is 533. The maximum Gasteiger partial charge on any atom is 0.108 e. The molecule has 2 rings (SSSR count). The molecule has 0 radical (unpaired) electrons. The molecule has 1 aromatic carbocycles. The first-order valence-corrected chi connectivity index (χ1v) is 7.17. The molecule has 0 amide bonds. The number of benzene rings is 1. The van der Waals surface area contributed by atoms with Crippen molar-refractivity contribution in [3.63, 3.8) is 0 Å². The van der Waals surface area contributed by atoms with Crippen molar-refractivity contribution in [2.45, 2.75) is 38.6 Å². The Morgan fingerprint density at radius 1 is 1.25 bits per heavy atom. The topological polar surface area (TPSA) is 55.9 Å². The molecule has 3 N–H and O–H groups in total. The normalized spacial score (nSPS) is 12.6. The number of hydrogen-bond donors (Lipinski definition) is 2. The first-order valence-electron chi connectivity index (χ1n) is 7.17. The van der Waals surface area contributed by atoms with Gasteiger partial charge in [-0.1, -0.05) is 24.3 Å². The smallest absolute Gasteiger partial charge is 0.108 e. The number of hydrogen-bond acceptors (Lipinski definition) is 3. The van der Waals surface area contributed by atoms with Crippen molar-refractivity contribution in [2.24, 2.45) is 12.9 Å². The highest BCUT2D eigenvalue weighted by Gasteiger charge is 2.09. The quantitative estimate of drug-likeness (QED) is 0.599. The highest BCUT2D eigenvalue weighted by Crippen LogP contribution is 2.13. The van der Waals surface area contributed by atoms with Crippen LogP contribution in [-0.2, 0) is 19.9 Å². The monoisotopic (exact) mass is 272 g/mol. The molecule has 1 atom stereocenters. The molecular formula is C16H24N4. The minimum Gasteiger partial charge on any atom is -0.338 e. The Balaban J connectivity index is 1.84. The zero-order valence-electron chi connectivity index (χ0n) is 12.3. The van der Waals surface area contributed by atoms with Crippen LogP contribution in [0.3, 0.4) is 0 Å². The summed E-state index contributed by atoms with van der Waals surface area (Å²) in [6, 6.07) is 8.86. The van der Waals surface area contributed by atoms with Gasteiger partial charge in [-0.05, 0) is 37.3 Å². The summed E-state index contributed by atoms with van der Waals surface area (Å²) < 4.78 is 2.06. The van der Waals surface area contributed by atoms with Crippen molar-refractivity contribution in [3.05, 3.63) is 53.6 Å². The van der Waals surface area contributed by atoms with E-state index < -0.39 is 0 Å². The summed E-state index contributed by atoms with van der Waals surface area (Å²) in [4.78, 5) is 4.35. The van der Waals surface area contributed by atoms with Gasteiger partial charge in [-0.15, -0.1) is 0 Å². The summed E-state index contributed by atoms with van der Waals surface area (Å²) >= 11 is 0. The van der Waals surface area contributed by atoms with Crippen LogP contribution in [0.2, 0.25) is 0 Å². The molecule has 2 aromatic rings. The summed E-state index contributed by atoms with van der Waals surface area (Å²) in [5.41, 5.74) is 5.70. The van der Waals surface area contributed by atoms with E-state index in [4.69, 9.17) is 5.84 Å². The fourth-order valence-corrected chi connectivity index (χ4v) is 2.47. The summed E-state index contributed by atoms with van der Waals surface area (Å²) in [5.74, 6) is 6.79. The number of aromatic nitrogens is 2. The van der Waals surface area contributed by atoms with Crippen LogP contribution >= 0.6 is 0 Å². The van der Waals surface area contributed by atoms with Crippen molar-refractivity contribution in [2.75, 3.05) is 0 Å². The van der Waals surface area contributed by atoms with Crippen molar-refractivity contribution >= 4 is 0 Å². The molecule has 20 heavy (non-hydrogen) atoms. The van der Waals surface area contributed by atoms with Gasteiger partial charge in [0, 0.05) is 31.9 Å². The molecule has 0 aliphatic carbocycles. The second-order valence-corrected chi connectivity index (χ2v) is 5.32. The van der Waals surface area contributed by atoms with E-state index in [2.05, 4.69) is 46.2 Å². The zero-order valence-corrected chi connectivity index (χ0v) is 12.3. The Labute approximate surface area is 121 Å². The van der Waals surface area contributed by atoms with E-state index in [0.29, 0.717) is 6.04 Å². The highest BCUT2D eigenvalue weighted by atomic mass is 15.2. The van der Waals surface area contributed by atoms with Gasteiger partial charge in [-0.3, -0.25) is 11.3 Å². The van der Waals surface area contributed by atoms with Gasteiger partial charge in [0.05, 0.1) is 0 Å². The number of rotatable bonds is 7. The van der Waals surface area contributed by atoms with E-state index in [1.165, 1.54) is 11.1 Å². The molecule has 0 fully saturated rings. The molecule has 1 aromatic heterocycles. The Hall–Kier alpha value is -1.65. The van der Waals surface area contributed by atoms with Crippen LogP contribution < -0.4 is 11.3 Å². The molecule has 4 heteroatoms. The Morgan fingerprint density at radius 3 is 2.65 bits per heavy atom.